The summed E-state index contributed by atoms with van der Waals surface area (Å²) in [6, 6.07) is 16.2. The Balaban J connectivity index is 1.99. The minimum atomic E-state index is 0.575. The zero-order valence-corrected chi connectivity index (χ0v) is 11.7. The number of ether oxygens (including phenoxy) is 1. The summed E-state index contributed by atoms with van der Waals surface area (Å²) >= 11 is 3.45. The largest absolute Gasteiger partial charge is 0.489 e. The fourth-order valence-corrected chi connectivity index (χ4v) is 2.20. The summed E-state index contributed by atoms with van der Waals surface area (Å²) in [5.74, 6) is 0.890. The van der Waals surface area contributed by atoms with E-state index in [1.165, 1.54) is 5.56 Å². The van der Waals surface area contributed by atoms with Crippen LogP contribution in [-0.4, -0.2) is 6.54 Å². The van der Waals surface area contributed by atoms with Gasteiger partial charge in [-0.05, 0) is 48.4 Å². The number of rotatable bonds is 5. The second-order valence-electron chi connectivity index (χ2n) is 4.10. The van der Waals surface area contributed by atoms with Gasteiger partial charge in [0, 0.05) is 4.47 Å². The van der Waals surface area contributed by atoms with Crippen LogP contribution >= 0.6 is 15.9 Å². The predicted molar refractivity (Wildman–Crippen MR) is 77.7 cm³/mol. The van der Waals surface area contributed by atoms with Crippen molar-refractivity contribution in [2.45, 2.75) is 13.0 Å². The molecule has 0 saturated heterocycles. The van der Waals surface area contributed by atoms with E-state index in [4.69, 9.17) is 10.5 Å². The van der Waals surface area contributed by atoms with Crippen LogP contribution in [0.25, 0.3) is 0 Å². The summed E-state index contributed by atoms with van der Waals surface area (Å²) in [6.45, 7) is 1.24. The van der Waals surface area contributed by atoms with E-state index in [0.717, 1.165) is 22.2 Å². The molecule has 2 rings (SSSR count). The molecular weight excluding hydrogens is 290 g/mol. The van der Waals surface area contributed by atoms with Gasteiger partial charge >= 0.3 is 0 Å². The van der Waals surface area contributed by atoms with E-state index < -0.39 is 0 Å². The van der Waals surface area contributed by atoms with Crippen LogP contribution in [0.3, 0.4) is 0 Å². The van der Waals surface area contributed by atoms with Gasteiger partial charge in [-0.25, -0.2) is 0 Å². The quantitative estimate of drug-likeness (QED) is 0.917. The summed E-state index contributed by atoms with van der Waals surface area (Å²) in [5, 5.41) is 0. The minimum absolute atomic E-state index is 0.575. The zero-order valence-electron chi connectivity index (χ0n) is 10.1. The van der Waals surface area contributed by atoms with Crippen LogP contribution in [0.4, 0.5) is 0 Å². The highest BCUT2D eigenvalue weighted by Gasteiger charge is 1.98. The lowest BCUT2D eigenvalue weighted by Gasteiger charge is -2.08. The molecule has 0 unspecified atom stereocenters. The first-order chi connectivity index (χ1) is 8.78. The molecule has 0 saturated carbocycles. The highest BCUT2D eigenvalue weighted by molar-refractivity contribution is 9.10. The van der Waals surface area contributed by atoms with E-state index >= 15 is 0 Å². The summed E-state index contributed by atoms with van der Waals surface area (Å²) in [5.41, 5.74) is 7.91. The summed E-state index contributed by atoms with van der Waals surface area (Å²) < 4.78 is 6.84. The lowest BCUT2D eigenvalue weighted by molar-refractivity contribution is 0.306. The Kier molecular flexibility index (Phi) is 4.79. The van der Waals surface area contributed by atoms with Crippen molar-refractivity contribution < 1.29 is 4.74 Å². The van der Waals surface area contributed by atoms with E-state index in [1.54, 1.807) is 0 Å². The van der Waals surface area contributed by atoms with E-state index in [0.29, 0.717) is 13.2 Å². The molecule has 0 aliphatic carbocycles. The van der Waals surface area contributed by atoms with Crippen molar-refractivity contribution >= 4 is 15.9 Å². The molecule has 18 heavy (non-hydrogen) atoms. The van der Waals surface area contributed by atoms with Gasteiger partial charge < -0.3 is 10.5 Å². The Morgan fingerprint density at radius 1 is 1.00 bits per heavy atom. The molecule has 2 aromatic carbocycles. The highest BCUT2D eigenvalue weighted by atomic mass is 79.9. The highest BCUT2D eigenvalue weighted by Crippen LogP contribution is 2.17. The minimum Gasteiger partial charge on any atom is -0.489 e. The molecule has 0 atom stereocenters. The molecule has 0 aliphatic rings. The van der Waals surface area contributed by atoms with Gasteiger partial charge in [0.1, 0.15) is 12.4 Å². The standard InChI is InChI=1S/C15H16BrNO/c16-14-5-1-4-13(9-14)11-18-15-6-2-3-12(10-15)7-8-17/h1-6,9-10H,7-8,11,17H2. The van der Waals surface area contributed by atoms with Gasteiger partial charge in [-0.1, -0.05) is 40.2 Å². The van der Waals surface area contributed by atoms with Crippen LogP contribution in [0.15, 0.2) is 53.0 Å². The molecule has 2 nitrogen and oxygen atoms in total. The average molecular weight is 306 g/mol. The van der Waals surface area contributed by atoms with Crippen molar-refractivity contribution in [1.29, 1.82) is 0 Å². The van der Waals surface area contributed by atoms with E-state index in [1.807, 2.05) is 30.3 Å². The van der Waals surface area contributed by atoms with Crippen LogP contribution in [0.2, 0.25) is 0 Å². The van der Waals surface area contributed by atoms with Crippen LogP contribution < -0.4 is 10.5 Å². The molecular formula is C15H16BrNO. The van der Waals surface area contributed by atoms with Crippen molar-refractivity contribution in [2.75, 3.05) is 6.54 Å². The number of nitrogens with two attached hydrogens (primary N) is 1. The topological polar surface area (TPSA) is 35.2 Å². The number of hydrogen-bond acceptors (Lipinski definition) is 2. The van der Waals surface area contributed by atoms with Crippen molar-refractivity contribution in [3.8, 4) is 5.75 Å². The Morgan fingerprint density at radius 2 is 1.78 bits per heavy atom. The van der Waals surface area contributed by atoms with Gasteiger partial charge in [0.2, 0.25) is 0 Å². The predicted octanol–water partition coefficient (Wildman–Crippen LogP) is 3.53. The average Bonchev–Trinajstić information content (AvgIpc) is 2.37. The fraction of sp³-hybridized carbons (Fsp3) is 0.200. The van der Waals surface area contributed by atoms with Crippen LogP contribution in [0.1, 0.15) is 11.1 Å². The molecule has 0 radical (unpaired) electrons. The third-order valence-corrected chi connectivity index (χ3v) is 3.12. The molecule has 2 N–H and O–H groups in total. The fourth-order valence-electron chi connectivity index (χ4n) is 1.75. The maximum atomic E-state index is 5.77. The smallest absolute Gasteiger partial charge is 0.120 e. The molecule has 0 aliphatic heterocycles. The molecule has 0 aromatic heterocycles. The molecule has 0 bridgehead atoms. The third-order valence-electron chi connectivity index (χ3n) is 2.63. The number of halogens is 1. The Hall–Kier alpha value is -1.32. The van der Waals surface area contributed by atoms with Gasteiger partial charge in [-0.15, -0.1) is 0 Å². The maximum absolute atomic E-state index is 5.77. The lowest BCUT2D eigenvalue weighted by atomic mass is 10.1. The van der Waals surface area contributed by atoms with Gasteiger partial charge in [0.05, 0.1) is 0 Å². The van der Waals surface area contributed by atoms with Crippen LogP contribution in [0.5, 0.6) is 5.75 Å². The van der Waals surface area contributed by atoms with Crippen molar-refractivity contribution in [3.05, 3.63) is 64.1 Å². The maximum Gasteiger partial charge on any atom is 0.120 e. The Labute approximate surface area is 116 Å². The SMILES string of the molecule is NCCc1cccc(OCc2cccc(Br)c2)c1. The number of benzene rings is 2. The van der Waals surface area contributed by atoms with Gasteiger partial charge in [0.25, 0.3) is 0 Å². The lowest BCUT2D eigenvalue weighted by Crippen LogP contribution is -2.03. The first-order valence-electron chi connectivity index (χ1n) is 5.94. The second kappa shape index (κ2) is 6.57. The first-order valence-corrected chi connectivity index (χ1v) is 6.73. The van der Waals surface area contributed by atoms with E-state index in [-0.39, 0.29) is 0 Å². The zero-order chi connectivity index (χ0) is 12.8. The second-order valence-corrected chi connectivity index (χ2v) is 5.02. The molecule has 0 spiro atoms. The normalized spacial score (nSPS) is 10.3. The molecule has 0 fully saturated rings. The van der Waals surface area contributed by atoms with Crippen molar-refractivity contribution in [3.63, 3.8) is 0 Å². The summed E-state index contributed by atoms with van der Waals surface area (Å²) in [7, 11) is 0. The first kappa shape index (κ1) is 13.1. The van der Waals surface area contributed by atoms with Crippen LogP contribution in [0, 0.1) is 0 Å². The molecule has 3 heteroatoms. The number of hydrogen-bond donors (Lipinski definition) is 1. The summed E-state index contributed by atoms with van der Waals surface area (Å²) in [6.07, 6.45) is 0.883. The molecule has 0 amide bonds. The summed E-state index contributed by atoms with van der Waals surface area (Å²) in [4.78, 5) is 0. The third kappa shape index (κ3) is 3.86. The monoisotopic (exact) mass is 305 g/mol. The molecule has 2 aromatic rings. The van der Waals surface area contributed by atoms with Gasteiger partial charge in [-0.3, -0.25) is 0 Å². The van der Waals surface area contributed by atoms with E-state index in [2.05, 4.69) is 34.1 Å². The van der Waals surface area contributed by atoms with E-state index in [9.17, 15) is 0 Å². The van der Waals surface area contributed by atoms with Crippen LogP contribution in [-0.2, 0) is 13.0 Å². The molecule has 94 valence electrons. The van der Waals surface area contributed by atoms with Gasteiger partial charge in [-0.2, -0.15) is 0 Å². The Bertz CT molecular complexity index is 513. The Morgan fingerprint density at radius 3 is 2.56 bits per heavy atom. The van der Waals surface area contributed by atoms with Crippen molar-refractivity contribution in [1.82, 2.24) is 0 Å². The van der Waals surface area contributed by atoms with Crippen molar-refractivity contribution in [2.24, 2.45) is 5.73 Å². The molecule has 0 heterocycles. The van der Waals surface area contributed by atoms with Gasteiger partial charge in [0.15, 0.2) is 0 Å².